The average molecular weight is 399 g/mol. The standard InChI is InChI=1S/C18H15BrN4O2/c1-11-6-12(2-4-14(11)19)22-17-8-18(21-9-20-17)23-13-3-5-15-16(7-13)25-10-24-15/h2-9H,10H2,1H3,(H2,20,21,22,23). The number of nitrogens with one attached hydrogen (secondary N) is 2. The van der Waals surface area contributed by atoms with Gasteiger partial charge in [0.2, 0.25) is 6.79 Å². The van der Waals surface area contributed by atoms with Crippen molar-refractivity contribution in [1.82, 2.24) is 9.97 Å². The number of ether oxygens (including phenoxy) is 2. The Bertz CT molecular complexity index is 933. The molecule has 6 nitrogen and oxygen atoms in total. The molecular formula is C18H15BrN4O2. The molecule has 0 amide bonds. The molecule has 126 valence electrons. The number of benzene rings is 2. The van der Waals surface area contributed by atoms with Crippen molar-refractivity contribution < 1.29 is 9.47 Å². The van der Waals surface area contributed by atoms with Crippen LogP contribution in [0.15, 0.2) is 53.3 Å². The number of rotatable bonds is 4. The van der Waals surface area contributed by atoms with Gasteiger partial charge < -0.3 is 20.1 Å². The second-order valence-electron chi connectivity index (χ2n) is 5.57. The van der Waals surface area contributed by atoms with Crippen molar-refractivity contribution in [2.75, 3.05) is 17.4 Å². The fraction of sp³-hybridized carbons (Fsp3) is 0.111. The Morgan fingerprint density at radius 2 is 1.56 bits per heavy atom. The van der Waals surface area contributed by atoms with Gasteiger partial charge in [-0.15, -0.1) is 0 Å². The molecule has 2 N–H and O–H groups in total. The number of aromatic nitrogens is 2. The lowest BCUT2D eigenvalue weighted by Crippen LogP contribution is -1.98. The summed E-state index contributed by atoms with van der Waals surface area (Å²) in [6.07, 6.45) is 1.52. The Morgan fingerprint density at radius 1 is 0.880 bits per heavy atom. The van der Waals surface area contributed by atoms with Crippen molar-refractivity contribution in [3.63, 3.8) is 0 Å². The van der Waals surface area contributed by atoms with E-state index in [0.717, 1.165) is 32.9 Å². The third kappa shape index (κ3) is 3.51. The zero-order chi connectivity index (χ0) is 17.2. The van der Waals surface area contributed by atoms with E-state index in [-0.39, 0.29) is 6.79 Å². The van der Waals surface area contributed by atoms with E-state index in [1.807, 2.05) is 43.3 Å². The first-order valence-electron chi connectivity index (χ1n) is 7.69. The van der Waals surface area contributed by atoms with Gasteiger partial charge in [-0.3, -0.25) is 0 Å². The Balaban J connectivity index is 1.52. The van der Waals surface area contributed by atoms with Crippen LogP contribution in [-0.2, 0) is 0 Å². The van der Waals surface area contributed by atoms with Gasteiger partial charge in [0, 0.05) is 28.0 Å². The number of aryl methyl sites for hydroxylation is 1. The van der Waals surface area contributed by atoms with Gasteiger partial charge >= 0.3 is 0 Å². The topological polar surface area (TPSA) is 68.3 Å². The molecule has 2 aromatic carbocycles. The minimum atomic E-state index is 0.257. The minimum Gasteiger partial charge on any atom is -0.454 e. The first-order chi connectivity index (χ1) is 12.2. The summed E-state index contributed by atoms with van der Waals surface area (Å²) in [4.78, 5) is 8.53. The molecule has 1 aromatic heterocycles. The summed E-state index contributed by atoms with van der Waals surface area (Å²) < 4.78 is 11.8. The van der Waals surface area contributed by atoms with E-state index in [0.29, 0.717) is 11.6 Å². The summed E-state index contributed by atoms with van der Waals surface area (Å²) in [5.41, 5.74) is 2.99. The normalized spacial score (nSPS) is 12.1. The quantitative estimate of drug-likeness (QED) is 0.659. The van der Waals surface area contributed by atoms with Gasteiger partial charge in [-0.2, -0.15) is 0 Å². The molecule has 0 fully saturated rings. The monoisotopic (exact) mass is 398 g/mol. The second-order valence-corrected chi connectivity index (χ2v) is 6.42. The van der Waals surface area contributed by atoms with Crippen molar-refractivity contribution in [2.45, 2.75) is 6.92 Å². The zero-order valence-corrected chi connectivity index (χ0v) is 15.0. The van der Waals surface area contributed by atoms with Crippen molar-refractivity contribution in [1.29, 1.82) is 0 Å². The van der Waals surface area contributed by atoms with Gasteiger partial charge in [-0.25, -0.2) is 9.97 Å². The van der Waals surface area contributed by atoms with Crippen LogP contribution in [0.3, 0.4) is 0 Å². The van der Waals surface area contributed by atoms with E-state index in [1.165, 1.54) is 6.33 Å². The van der Waals surface area contributed by atoms with E-state index in [9.17, 15) is 0 Å². The first-order valence-corrected chi connectivity index (χ1v) is 8.48. The van der Waals surface area contributed by atoms with Crippen LogP contribution in [0.5, 0.6) is 11.5 Å². The van der Waals surface area contributed by atoms with Gasteiger partial charge in [0.1, 0.15) is 18.0 Å². The second kappa shape index (κ2) is 6.60. The van der Waals surface area contributed by atoms with Crippen LogP contribution >= 0.6 is 15.9 Å². The van der Waals surface area contributed by atoms with Gasteiger partial charge in [-0.1, -0.05) is 15.9 Å². The summed E-state index contributed by atoms with van der Waals surface area (Å²) in [5.74, 6) is 2.87. The molecule has 1 aliphatic rings. The lowest BCUT2D eigenvalue weighted by molar-refractivity contribution is 0.174. The van der Waals surface area contributed by atoms with Gasteiger partial charge in [0.25, 0.3) is 0 Å². The van der Waals surface area contributed by atoms with Crippen molar-refractivity contribution >= 4 is 38.9 Å². The summed E-state index contributed by atoms with van der Waals surface area (Å²) in [7, 11) is 0. The van der Waals surface area contributed by atoms with Crippen molar-refractivity contribution in [3.8, 4) is 11.5 Å². The summed E-state index contributed by atoms with van der Waals surface area (Å²) in [5, 5.41) is 6.53. The van der Waals surface area contributed by atoms with Crippen molar-refractivity contribution in [2.24, 2.45) is 0 Å². The summed E-state index contributed by atoms with van der Waals surface area (Å²) in [6.45, 7) is 2.30. The molecule has 0 aliphatic carbocycles. The Kier molecular flexibility index (Phi) is 4.15. The predicted molar refractivity (Wildman–Crippen MR) is 100 cm³/mol. The molecule has 0 saturated heterocycles. The molecule has 3 aromatic rings. The molecule has 0 atom stereocenters. The number of anilines is 4. The number of halogens is 1. The van der Waals surface area contributed by atoms with E-state index < -0.39 is 0 Å². The number of fused-ring (bicyclic) bond motifs is 1. The molecule has 2 heterocycles. The lowest BCUT2D eigenvalue weighted by atomic mass is 10.2. The summed E-state index contributed by atoms with van der Waals surface area (Å²) in [6, 6.07) is 13.6. The Hall–Kier alpha value is -2.80. The van der Waals surface area contributed by atoms with E-state index in [2.05, 4.69) is 42.6 Å². The smallest absolute Gasteiger partial charge is 0.231 e. The molecule has 0 radical (unpaired) electrons. The van der Waals surface area contributed by atoms with Crippen LogP contribution in [0.4, 0.5) is 23.0 Å². The summed E-state index contributed by atoms with van der Waals surface area (Å²) >= 11 is 3.50. The van der Waals surface area contributed by atoms with Crippen LogP contribution in [0.25, 0.3) is 0 Å². The van der Waals surface area contributed by atoms with E-state index in [1.54, 1.807) is 0 Å². The van der Waals surface area contributed by atoms with Crippen molar-refractivity contribution in [3.05, 3.63) is 58.8 Å². The maximum absolute atomic E-state index is 5.39. The highest BCUT2D eigenvalue weighted by Gasteiger charge is 2.13. The molecule has 25 heavy (non-hydrogen) atoms. The van der Waals surface area contributed by atoms with E-state index >= 15 is 0 Å². The first kappa shape index (κ1) is 15.7. The highest BCUT2D eigenvalue weighted by atomic mass is 79.9. The minimum absolute atomic E-state index is 0.257. The van der Waals surface area contributed by atoms with Crippen LogP contribution in [0.1, 0.15) is 5.56 Å². The largest absolute Gasteiger partial charge is 0.454 e. The maximum Gasteiger partial charge on any atom is 0.231 e. The number of hydrogen-bond acceptors (Lipinski definition) is 6. The van der Waals surface area contributed by atoms with Crippen LogP contribution in [0.2, 0.25) is 0 Å². The van der Waals surface area contributed by atoms with Gasteiger partial charge in [0.15, 0.2) is 11.5 Å². The molecule has 0 bridgehead atoms. The molecular weight excluding hydrogens is 384 g/mol. The fourth-order valence-electron chi connectivity index (χ4n) is 2.49. The Labute approximate surface area is 153 Å². The molecule has 4 rings (SSSR count). The molecule has 0 unspecified atom stereocenters. The zero-order valence-electron chi connectivity index (χ0n) is 13.4. The number of nitrogens with zero attached hydrogens (tertiary/aromatic N) is 2. The Morgan fingerprint density at radius 3 is 2.32 bits per heavy atom. The molecule has 1 aliphatic heterocycles. The highest BCUT2D eigenvalue weighted by molar-refractivity contribution is 9.10. The van der Waals surface area contributed by atoms with E-state index in [4.69, 9.17) is 9.47 Å². The molecule has 7 heteroatoms. The fourth-order valence-corrected chi connectivity index (χ4v) is 2.73. The third-order valence-corrected chi connectivity index (χ3v) is 4.63. The maximum atomic E-state index is 5.39. The van der Waals surface area contributed by atoms with Gasteiger partial charge in [0.05, 0.1) is 0 Å². The molecule has 0 saturated carbocycles. The van der Waals surface area contributed by atoms with Gasteiger partial charge in [-0.05, 0) is 42.8 Å². The molecule has 0 spiro atoms. The lowest BCUT2D eigenvalue weighted by Gasteiger charge is -2.10. The van der Waals surface area contributed by atoms with Crippen LogP contribution in [-0.4, -0.2) is 16.8 Å². The number of hydrogen-bond donors (Lipinski definition) is 2. The van der Waals surface area contributed by atoms with Crippen LogP contribution in [0, 0.1) is 6.92 Å². The SMILES string of the molecule is Cc1cc(Nc2cc(Nc3ccc4c(c3)OCO4)ncn2)ccc1Br. The van der Waals surface area contributed by atoms with Crippen LogP contribution < -0.4 is 20.1 Å². The highest BCUT2D eigenvalue weighted by Crippen LogP contribution is 2.35. The predicted octanol–water partition coefficient (Wildman–Crippen LogP) is 4.76. The average Bonchev–Trinajstić information content (AvgIpc) is 3.06. The third-order valence-electron chi connectivity index (χ3n) is 3.74.